The van der Waals surface area contributed by atoms with E-state index >= 15 is 0 Å². The van der Waals surface area contributed by atoms with Gasteiger partial charge in [0.1, 0.15) is 11.6 Å². The number of nitrogen functional groups attached to an aromatic ring is 1. The number of aromatic amines is 1. The first-order valence-electron chi connectivity index (χ1n) is 9.94. The number of halogens is 3. The molecule has 0 aliphatic rings. The molecule has 0 spiro atoms. The summed E-state index contributed by atoms with van der Waals surface area (Å²) in [6.45, 7) is 0.180. The maximum atomic E-state index is 13.3. The third kappa shape index (κ3) is 5.07. The van der Waals surface area contributed by atoms with Crippen molar-refractivity contribution in [1.29, 1.82) is 0 Å². The Morgan fingerprint density at radius 3 is 2.06 bits per heavy atom. The average molecular weight is 571 g/mol. The number of hydrogen-bond donors (Lipinski definition) is 3. The Kier molecular flexibility index (Phi) is 6.76. The van der Waals surface area contributed by atoms with Crippen LogP contribution < -0.4 is 11.1 Å². The molecule has 1 aromatic heterocycles. The molecule has 0 bridgehead atoms. The van der Waals surface area contributed by atoms with E-state index in [0.717, 1.165) is 14.5 Å². The first-order valence-corrected chi connectivity index (χ1v) is 11.5. The molecule has 0 fully saturated rings. The van der Waals surface area contributed by atoms with Gasteiger partial charge in [0.05, 0.1) is 11.3 Å². The van der Waals surface area contributed by atoms with Gasteiger partial charge in [0.25, 0.3) is 5.91 Å². The fourth-order valence-corrected chi connectivity index (χ4v) is 3.98. The van der Waals surface area contributed by atoms with E-state index in [1.165, 1.54) is 12.1 Å². The Balaban J connectivity index is 1.75. The molecule has 4 aromatic rings. The molecule has 4 rings (SSSR count). The van der Waals surface area contributed by atoms with Gasteiger partial charge in [0.15, 0.2) is 0 Å². The largest absolute Gasteiger partial charge is 0.385 e. The first-order chi connectivity index (χ1) is 15.8. The summed E-state index contributed by atoms with van der Waals surface area (Å²) in [5.74, 6) is -0.996. The zero-order valence-corrected chi connectivity index (χ0v) is 20.3. The van der Waals surface area contributed by atoms with Crippen molar-refractivity contribution in [2.75, 3.05) is 5.73 Å². The van der Waals surface area contributed by atoms with Gasteiger partial charge < -0.3 is 16.0 Å². The summed E-state index contributed by atoms with van der Waals surface area (Å²) in [6, 6.07) is 20.0. The minimum Gasteiger partial charge on any atom is -0.385 e. The van der Waals surface area contributed by atoms with Crippen LogP contribution in [0.2, 0.25) is 0 Å². The maximum absolute atomic E-state index is 13.3. The predicted molar refractivity (Wildman–Crippen MR) is 133 cm³/mol. The molecule has 1 heterocycles. The van der Waals surface area contributed by atoms with Crippen LogP contribution in [-0.2, 0) is 6.54 Å². The summed E-state index contributed by atoms with van der Waals surface area (Å²) < 4.78 is 14.9. The molecule has 0 unspecified atom stereocenters. The van der Waals surface area contributed by atoms with Crippen molar-refractivity contribution in [2.24, 2.45) is 0 Å². The van der Waals surface area contributed by atoms with Gasteiger partial charge in [0.2, 0.25) is 5.78 Å². The number of hydrogen-bond acceptors (Lipinski definition) is 3. The minimum atomic E-state index is -0.444. The lowest BCUT2D eigenvalue weighted by atomic mass is 9.96. The summed E-state index contributed by atoms with van der Waals surface area (Å²) in [4.78, 5) is 29.4. The number of aromatic nitrogens is 1. The van der Waals surface area contributed by atoms with E-state index in [0.29, 0.717) is 16.7 Å². The molecule has 1 amide bonds. The number of carbonyl (C=O) groups is 2. The minimum absolute atomic E-state index is 0.0880. The van der Waals surface area contributed by atoms with Crippen molar-refractivity contribution in [2.45, 2.75) is 6.54 Å². The van der Waals surface area contributed by atoms with Crippen molar-refractivity contribution >= 4 is 49.4 Å². The number of H-pyrrole nitrogens is 1. The van der Waals surface area contributed by atoms with Crippen LogP contribution >= 0.6 is 31.9 Å². The van der Waals surface area contributed by atoms with E-state index in [1.54, 1.807) is 36.4 Å². The second-order valence-electron chi connectivity index (χ2n) is 7.32. The highest BCUT2D eigenvalue weighted by molar-refractivity contribution is 9.10. The van der Waals surface area contributed by atoms with Crippen LogP contribution in [0.15, 0.2) is 81.7 Å². The summed E-state index contributed by atoms with van der Waals surface area (Å²) in [5, 5.41) is 2.81. The van der Waals surface area contributed by atoms with Crippen LogP contribution in [0.4, 0.5) is 10.2 Å². The van der Waals surface area contributed by atoms with Crippen LogP contribution in [0.1, 0.15) is 32.0 Å². The topological polar surface area (TPSA) is 88.0 Å². The van der Waals surface area contributed by atoms with E-state index < -0.39 is 5.91 Å². The Morgan fingerprint density at radius 2 is 1.45 bits per heavy atom. The zero-order chi connectivity index (χ0) is 23.5. The van der Waals surface area contributed by atoms with Crippen molar-refractivity contribution in [3.05, 3.63) is 110 Å². The quantitative estimate of drug-likeness (QED) is 0.245. The number of amides is 1. The van der Waals surface area contributed by atoms with Gasteiger partial charge in [-0.05, 0) is 59.7 Å². The van der Waals surface area contributed by atoms with Crippen molar-refractivity contribution in [3.8, 4) is 11.1 Å². The Bertz CT molecular complexity index is 1320. The Morgan fingerprint density at radius 1 is 0.879 bits per heavy atom. The van der Waals surface area contributed by atoms with Crippen LogP contribution in [-0.4, -0.2) is 16.7 Å². The molecule has 4 N–H and O–H groups in total. The lowest BCUT2D eigenvalue weighted by Gasteiger charge is -2.10. The first kappa shape index (κ1) is 22.9. The molecule has 0 atom stereocenters. The number of nitrogens with two attached hydrogens (primary N) is 1. The molecule has 0 saturated heterocycles. The van der Waals surface area contributed by atoms with Gasteiger partial charge in [-0.2, -0.15) is 0 Å². The van der Waals surface area contributed by atoms with E-state index in [9.17, 15) is 14.0 Å². The van der Waals surface area contributed by atoms with E-state index in [-0.39, 0.29) is 35.2 Å². The highest BCUT2D eigenvalue weighted by atomic mass is 79.9. The van der Waals surface area contributed by atoms with Crippen LogP contribution in [0, 0.1) is 5.82 Å². The maximum Gasteiger partial charge on any atom is 0.255 e. The van der Waals surface area contributed by atoms with Gasteiger partial charge in [-0.15, -0.1) is 0 Å². The highest BCUT2D eigenvalue weighted by Gasteiger charge is 2.27. The van der Waals surface area contributed by atoms with Crippen LogP contribution in [0.5, 0.6) is 0 Å². The lowest BCUT2D eigenvalue weighted by molar-refractivity contribution is 0.0952. The summed E-state index contributed by atoms with van der Waals surface area (Å²) in [5.41, 5.74) is 8.88. The second kappa shape index (κ2) is 9.72. The third-order valence-electron chi connectivity index (χ3n) is 5.09. The molecule has 33 heavy (non-hydrogen) atoms. The van der Waals surface area contributed by atoms with Gasteiger partial charge >= 0.3 is 0 Å². The molecule has 5 nitrogen and oxygen atoms in total. The Hall–Kier alpha value is -3.23. The van der Waals surface area contributed by atoms with E-state index in [2.05, 4.69) is 42.2 Å². The fourth-order valence-electron chi connectivity index (χ4n) is 3.45. The smallest absolute Gasteiger partial charge is 0.255 e. The summed E-state index contributed by atoms with van der Waals surface area (Å²) in [7, 11) is 0. The third-order valence-corrected chi connectivity index (χ3v) is 6.15. The van der Waals surface area contributed by atoms with Crippen molar-refractivity contribution < 1.29 is 14.0 Å². The van der Waals surface area contributed by atoms with E-state index in [1.807, 2.05) is 24.3 Å². The number of anilines is 1. The monoisotopic (exact) mass is 569 g/mol. The molecule has 0 aliphatic heterocycles. The number of ketones is 1. The standard InChI is InChI=1S/C25H18Br2FN3O2/c26-17-7-3-15(4-8-17)20-21(25(33)30-13-14-1-11-19(28)12-2-14)24(29)31-22(20)23(32)16-5-9-18(27)10-6-16/h1-12,31H,13,29H2,(H,30,33). The molecule has 8 heteroatoms. The summed E-state index contributed by atoms with van der Waals surface area (Å²) in [6.07, 6.45) is 0. The number of rotatable bonds is 6. The highest BCUT2D eigenvalue weighted by Crippen LogP contribution is 2.34. The zero-order valence-electron chi connectivity index (χ0n) is 17.2. The molecule has 0 aliphatic carbocycles. The van der Waals surface area contributed by atoms with Crippen molar-refractivity contribution in [3.63, 3.8) is 0 Å². The van der Waals surface area contributed by atoms with Gasteiger partial charge in [-0.25, -0.2) is 4.39 Å². The van der Waals surface area contributed by atoms with Gasteiger partial charge in [-0.1, -0.05) is 56.1 Å². The second-order valence-corrected chi connectivity index (χ2v) is 9.15. The van der Waals surface area contributed by atoms with Crippen LogP contribution in [0.3, 0.4) is 0 Å². The average Bonchev–Trinajstić information content (AvgIpc) is 3.16. The Labute approximate surface area is 206 Å². The lowest BCUT2D eigenvalue weighted by Crippen LogP contribution is -2.24. The molecular formula is C25H18Br2FN3O2. The van der Waals surface area contributed by atoms with Gasteiger partial charge in [0, 0.05) is 26.6 Å². The van der Waals surface area contributed by atoms with Crippen LogP contribution in [0.25, 0.3) is 11.1 Å². The number of benzene rings is 3. The summed E-state index contributed by atoms with van der Waals surface area (Å²) >= 11 is 6.77. The fraction of sp³-hybridized carbons (Fsp3) is 0.0400. The SMILES string of the molecule is Nc1[nH]c(C(=O)c2ccc(Br)cc2)c(-c2ccc(Br)cc2)c1C(=O)NCc1ccc(F)cc1. The number of carbonyl (C=O) groups excluding carboxylic acids is 2. The van der Waals surface area contributed by atoms with Crippen molar-refractivity contribution in [1.82, 2.24) is 10.3 Å². The van der Waals surface area contributed by atoms with E-state index in [4.69, 9.17) is 5.73 Å². The molecule has 0 saturated carbocycles. The molecule has 166 valence electrons. The molecule has 0 radical (unpaired) electrons. The molecular weight excluding hydrogens is 553 g/mol. The predicted octanol–water partition coefficient (Wildman–Crippen LogP) is 6.09. The number of nitrogens with one attached hydrogen (secondary N) is 2. The molecule has 3 aromatic carbocycles. The van der Waals surface area contributed by atoms with Gasteiger partial charge in [-0.3, -0.25) is 9.59 Å². The normalized spacial score (nSPS) is 10.8.